The number of carboxylic acids is 1. The standard InChI is InChI=1S/C20H19ClN4O4/c21-15-3-1-2-14(9-15)13-6-4-12(5-7-13)8-16(10-18(26)20(28)29)23-19(27)17-11-22-25-24-17/h1-7,9,11,16,18,26H,8,10H2,(H,23,27)(H,28,29)(H,22,24,25). The van der Waals surface area contributed by atoms with Crippen LogP contribution in [0.15, 0.2) is 54.7 Å². The van der Waals surface area contributed by atoms with E-state index in [1.807, 2.05) is 42.5 Å². The van der Waals surface area contributed by atoms with Crippen molar-refractivity contribution in [3.8, 4) is 11.1 Å². The van der Waals surface area contributed by atoms with Crippen LogP contribution in [-0.4, -0.2) is 49.6 Å². The van der Waals surface area contributed by atoms with E-state index in [9.17, 15) is 14.7 Å². The Morgan fingerprint density at radius 2 is 1.90 bits per heavy atom. The number of nitrogens with zero attached hydrogens (tertiary/aromatic N) is 2. The molecule has 0 aliphatic carbocycles. The summed E-state index contributed by atoms with van der Waals surface area (Å²) in [5, 5.41) is 31.6. The van der Waals surface area contributed by atoms with Crippen molar-refractivity contribution in [2.24, 2.45) is 0 Å². The molecule has 0 aliphatic rings. The first-order valence-electron chi connectivity index (χ1n) is 8.85. The molecule has 0 saturated carbocycles. The number of H-pyrrole nitrogens is 1. The third kappa shape index (κ3) is 5.63. The van der Waals surface area contributed by atoms with E-state index >= 15 is 0 Å². The molecule has 1 aromatic heterocycles. The van der Waals surface area contributed by atoms with Crippen molar-refractivity contribution in [1.29, 1.82) is 0 Å². The summed E-state index contributed by atoms with van der Waals surface area (Å²) >= 11 is 6.04. The molecule has 0 aliphatic heterocycles. The van der Waals surface area contributed by atoms with Gasteiger partial charge in [0.15, 0.2) is 11.8 Å². The Balaban J connectivity index is 1.73. The molecule has 0 spiro atoms. The average Bonchev–Trinajstić information content (AvgIpc) is 3.23. The van der Waals surface area contributed by atoms with Gasteiger partial charge in [0.1, 0.15) is 0 Å². The van der Waals surface area contributed by atoms with Crippen LogP contribution in [0.5, 0.6) is 0 Å². The van der Waals surface area contributed by atoms with Crippen LogP contribution in [0.1, 0.15) is 22.5 Å². The highest BCUT2D eigenvalue weighted by molar-refractivity contribution is 6.30. The summed E-state index contributed by atoms with van der Waals surface area (Å²) in [6.45, 7) is 0. The Morgan fingerprint density at radius 3 is 2.52 bits per heavy atom. The molecule has 9 heteroatoms. The number of halogens is 1. The molecule has 8 nitrogen and oxygen atoms in total. The molecule has 1 amide bonds. The van der Waals surface area contributed by atoms with E-state index in [0.29, 0.717) is 11.4 Å². The van der Waals surface area contributed by atoms with E-state index in [-0.39, 0.29) is 12.1 Å². The van der Waals surface area contributed by atoms with Gasteiger partial charge in [0.05, 0.1) is 6.20 Å². The van der Waals surface area contributed by atoms with Gasteiger partial charge in [0.2, 0.25) is 0 Å². The predicted molar refractivity (Wildman–Crippen MR) is 106 cm³/mol. The first-order chi connectivity index (χ1) is 13.9. The molecule has 3 rings (SSSR count). The largest absolute Gasteiger partial charge is 0.479 e. The number of aromatic amines is 1. The first-order valence-corrected chi connectivity index (χ1v) is 9.23. The van der Waals surface area contributed by atoms with Crippen LogP contribution < -0.4 is 5.32 Å². The fraction of sp³-hybridized carbons (Fsp3) is 0.200. The van der Waals surface area contributed by atoms with Crippen molar-refractivity contribution in [3.63, 3.8) is 0 Å². The zero-order chi connectivity index (χ0) is 20.8. The molecular weight excluding hydrogens is 396 g/mol. The van der Waals surface area contributed by atoms with Gasteiger partial charge in [-0.1, -0.05) is 53.2 Å². The highest BCUT2D eigenvalue weighted by atomic mass is 35.5. The molecule has 2 atom stereocenters. The zero-order valence-corrected chi connectivity index (χ0v) is 16.0. The second-order valence-electron chi connectivity index (χ2n) is 6.53. The SMILES string of the molecule is O=C(NC(Cc1ccc(-c2cccc(Cl)c2)cc1)CC(O)C(=O)O)c1c[nH]nn1. The molecule has 150 valence electrons. The van der Waals surface area contributed by atoms with Crippen LogP contribution in [0.3, 0.4) is 0 Å². The maximum atomic E-state index is 12.3. The van der Waals surface area contributed by atoms with Gasteiger partial charge in [-0.2, -0.15) is 0 Å². The molecule has 2 unspecified atom stereocenters. The summed E-state index contributed by atoms with van der Waals surface area (Å²) in [4.78, 5) is 23.3. The van der Waals surface area contributed by atoms with Crippen molar-refractivity contribution in [2.75, 3.05) is 0 Å². The van der Waals surface area contributed by atoms with Crippen molar-refractivity contribution >= 4 is 23.5 Å². The number of aromatic nitrogens is 3. The summed E-state index contributed by atoms with van der Waals surface area (Å²) in [7, 11) is 0. The average molecular weight is 415 g/mol. The highest BCUT2D eigenvalue weighted by Crippen LogP contribution is 2.23. The minimum atomic E-state index is -1.59. The molecule has 0 radical (unpaired) electrons. The normalized spacial score (nSPS) is 12.9. The fourth-order valence-corrected chi connectivity index (χ4v) is 3.11. The zero-order valence-electron chi connectivity index (χ0n) is 15.2. The minimum absolute atomic E-state index is 0.0797. The van der Waals surface area contributed by atoms with Gasteiger partial charge in [-0.25, -0.2) is 4.79 Å². The molecule has 0 bridgehead atoms. The van der Waals surface area contributed by atoms with Gasteiger partial charge in [0, 0.05) is 17.5 Å². The summed E-state index contributed by atoms with van der Waals surface area (Å²) in [5.41, 5.74) is 2.90. The van der Waals surface area contributed by atoms with E-state index in [1.165, 1.54) is 6.20 Å². The van der Waals surface area contributed by atoms with E-state index in [1.54, 1.807) is 6.07 Å². The van der Waals surface area contributed by atoms with Crippen LogP contribution in [0.2, 0.25) is 5.02 Å². The number of benzene rings is 2. The van der Waals surface area contributed by atoms with E-state index in [4.69, 9.17) is 16.7 Å². The van der Waals surface area contributed by atoms with Crippen LogP contribution in [0.25, 0.3) is 11.1 Å². The maximum absolute atomic E-state index is 12.3. The van der Waals surface area contributed by atoms with Crippen LogP contribution in [0, 0.1) is 0 Å². The van der Waals surface area contributed by atoms with Crippen molar-refractivity contribution in [1.82, 2.24) is 20.7 Å². The number of aliphatic hydroxyl groups excluding tert-OH is 1. The third-order valence-corrected chi connectivity index (χ3v) is 4.61. The van der Waals surface area contributed by atoms with Gasteiger partial charge < -0.3 is 15.5 Å². The van der Waals surface area contributed by atoms with E-state index < -0.39 is 24.0 Å². The topological polar surface area (TPSA) is 128 Å². The summed E-state index contributed by atoms with van der Waals surface area (Å²) in [5.74, 6) is -1.85. The molecule has 2 aromatic carbocycles. The number of carboxylic acid groups (broad SMARTS) is 1. The van der Waals surface area contributed by atoms with Gasteiger partial charge in [-0.15, -0.1) is 5.10 Å². The number of hydrogen-bond acceptors (Lipinski definition) is 5. The number of aliphatic hydroxyl groups is 1. The van der Waals surface area contributed by atoms with Crippen LogP contribution in [-0.2, 0) is 11.2 Å². The lowest BCUT2D eigenvalue weighted by atomic mass is 9.97. The number of nitrogens with one attached hydrogen (secondary N) is 2. The Labute approximate surface area is 171 Å². The number of rotatable bonds is 8. The Morgan fingerprint density at radius 1 is 1.14 bits per heavy atom. The Kier molecular flexibility index (Phi) is 6.58. The molecule has 0 saturated heterocycles. The van der Waals surface area contributed by atoms with Crippen molar-refractivity contribution in [3.05, 3.63) is 71.0 Å². The molecular formula is C20H19ClN4O4. The van der Waals surface area contributed by atoms with E-state index in [0.717, 1.165) is 16.7 Å². The van der Waals surface area contributed by atoms with Crippen molar-refractivity contribution < 1.29 is 19.8 Å². The van der Waals surface area contributed by atoms with E-state index in [2.05, 4.69) is 20.7 Å². The lowest BCUT2D eigenvalue weighted by Crippen LogP contribution is -2.40. The second-order valence-corrected chi connectivity index (χ2v) is 6.97. The third-order valence-electron chi connectivity index (χ3n) is 4.37. The smallest absolute Gasteiger partial charge is 0.332 e. The molecule has 3 aromatic rings. The number of carbonyl (C=O) groups excluding carboxylic acids is 1. The monoisotopic (exact) mass is 414 g/mol. The fourth-order valence-electron chi connectivity index (χ4n) is 2.92. The maximum Gasteiger partial charge on any atom is 0.332 e. The van der Waals surface area contributed by atoms with Gasteiger partial charge in [-0.3, -0.25) is 9.89 Å². The van der Waals surface area contributed by atoms with Crippen molar-refractivity contribution in [2.45, 2.75) is 25.0 Å². The number of aliphatic carboxylic acids is 1. The summed E-state index contributed by atoms with van der Waals surface area (Å²) in [6.07, 6.45) is -0.0678. The van der Waals surface area contributed by atoms with Gasteiger partial charge >= 0.3 is 5.97 Å². The molecule has 4 N–H and O–H groups in total. The Bertz CT molecular complexity index is 976. The lowest BCUT2D eigenvalue weighted by Gasteiger charge is -2.20. The quantitative estimate of drug-likeness (QED) is 0.447. The van der Waals surface area contributed by atoms with Crippen LogP contribution >= 0.6 is 11.6 Å². The number of amides is 1. The summed E-state index contributed by atoms with van der Waals surface area (Å²) in [6, 6.07) is 14.5. The molecule has 1 heterocycles. The second kappa shape index (κ2) is 9.31. The van der Waals surface area contributed by atoms with Crippen LogP contribution in [0.4, 0.5) is 0 Å². The first kappa shape index (κ1) is 20.5. The lowest BCUT2D eigenvalue weighted by molar-refractivity contribution is -0.147. The summed E-state index contributed by atoms with van der Waals surface area (Å²) < 4.78 is 0. The Hall–Kier alpha value is -3.23. The highest BCUT2D eigenvalue weighted by Gasteiger charge is 2.23. The minimum Gasteiger partial charge on any atom is -0.479 e. The van der Waals surface area contributed by atoms with Gasteiger partial charge in [0.25, 0.3) is 5.91 Å². The number of hydrogen-bond donors (Lipinski definition) is 4. The number of carbonyl (C=O) groups is 2. The predicted octanol–water partition coefficient (Wildman–Crippen LogP) is 2.30. The van der Waals surface area contributed by atoms with Gasteiger partial charge in [-0.05, 0) is 35.2 Å². The molecule has 29 heavy (non-hydrogen) atoms. The molecule has 0 fully saturated rings.